The van der Waals surface area contributed by atoms with Gasteiger partial charge in [0.25, 0.3) is 0 Å². The molecule has 1 aromatic carbocycles. The Morgan fingerprint density at radius 1 is 0.833 bits per heavy atom. The summed E-state index contributed by atoms with van der Waals surface area (Å²) in [4.78, 5) is 4.30. The molecular weight excluding hydrogens is 256 g/mol. The van der Waals surface area contributed by atoms with E-state index in [4.69, 9.17) is 0 Å². The number of hydrogen-bond acceptors (Lipinski definition) is 2. The number of benzene rings is 1. The van der Waals surface area contributed by atoms with Crippen LogP contribution in [0.5, 0.6) is 0 Å². The van der Waals surface area contributed by atoms with Gasteiger partial charge in [-0.2, -0.15) is 0 Å². The molecule has 0 atom stereocenters. The molecule has 0 N–H and O–H groups in total. The fourth-order valence-corrected chi connectivity index (χ4v) is 5.11. The second kappa shape index (κ2) is 4.22. The van der Waals surface area contributed by atoms with Crippen molar-refractivity contribution in [3.05, 3.63) is 45.1 Å². The van der Waals surface area contributed by atoms with Crippen LogP contribution >= 0.6 is 22.7 Å². The highest BCUT2D eigenvalue weighted by atomic mass is 32.1. The van der Waals surface area contributed by atoms with Crippen LogP contribution in [0.15, 0.2) is 24.3 Å². The van der Waals surface area contributed by atoms with E-state index in [0.717, 1.165) is 0 Å². The van der Waals surface area contributed by atoms with Crippen molar-refractivity contribution in [2.45, 2.75) is 27.7 Å². The lowest BCUT2D eigenvalue weighted by molar-refractivity contribution is 1.39. The zero-order valence-electron chi connectivity index (χ0n) is 11.1. The Morgan fingerprint density at radius 3 is 2.11 bits per heavy atom. The van der Waals surface area contributed by atoms with Gasteiger partial charge in [-0.15, -0.1) is 22.7 Å². The van der Waals surface area contributed by atoms with Gasteiger partial charge in [-0.1, -0.05) is 18.2 Å². The Balaban J connectivity index is 2.29. The third-order valence-corrected chi connectivity index (χ3v) is 5.90. The van der Waals surface area contributed by atoms with Crippen molar-refractivity contribution >= 4 is 32.8 Å². The lowest BCUT2D eigenvalue weighted by atomic mass is 10.0. The van der Waals surface area contributed by atoms with E-state index < -0.39 is 0 Å². The summed E-state index contributed by atoms with van der Waals surface area (Å²) < 4.78 is 1.47. The minimum atomic E-state index is 1.37. The summed E-state index contributed by atoms with van der Waals surface area (Å²) in [5.74, 6) is 0. The van der Waals surface area contributed by atoms with Gasteiger partial charge in [0.15, 0.2) is 0 Å². The zero-order valence-corrected chi connectivity index (χ0v) is 12.8. The molecule has 0 spiro atoms. The van der Waals surface area contributed by atoms with Crippen molar-refractivity contribution in [1.82, 2.24) is 0 Å². The second-order valence-electron chi connectivity index (χ2n) is 4.83. The summed E-state index contributed by atoms with van der Waals surface area (Å²) in [6, 6.07) is 8.92. The van der Waals surface area contributed by atoms with Gasteiger partial charge in [-0.3, -0.25) is 0 Å². The molecule has 0 aliphatic carbocycles. The molecule has 0 amide bonds. The maximum atomic E-state index is 2.37. The second-order valence-corrected chi connectivity index (χ2v) is 7.32. The quantitative estimate of drug-likeness (QED) is 0.520. The van der Waals surface area contributed by atoms with Crippen molar-refractivity contribution < 1.29 is 0 Å². The Kier molecular flexibility index (Phi) is 2.80. The normalized spacial score (nSPS) is 11.3. The van der Waals surface area contributed by atoms with Crippen LogP contribution in [0.25, 0.3) is 20.5 Å². The van der Waals surface area contributed by atoms with Crippen LogP contribution in [0.3, 0.4) is 0 Å². The van der Waals surface area contributed by atoms with E-state index in [1.807, 2.05) is 22.7 Å². The van der Waals surface area contributed by atoms with E-state index in [1.54, 1.807) is 0 Å². The summed E-state index contributed by atoms with van der Waals surface area (Å²) in [5.41, 5.74) is 4.17. The third-order valence-electron chi connectivity index (χ3n) is 3.46. The molecule has 18 heavy (non-hydrogen) atoms. The number of thiophene rings is 2. The van der Waals surface area contributed by atoms with Gasteiger partial charge in [0, 0.05) is 24.7 Å². The average molecular weight is 272 g/mol. The third kappa shape index (κ3) is 1.72. The van der Waals surface area contributed by atoms with Crippen LogP contribution in [0.2, 0.25) is 0 Å². The highest BCUT2D eigenvalue weighted by Crippen LogP contribution is 2.42. The van der Waals surface area contributed by atoms with Crippen molar-refractivity contribution in [1.29, 1.82) is 0 Å². The molecule has 2 heterocycles. The average Bonchev–Trinajstić information content (AvgIpc) is 2.82. The summed E-state index contributed by atoms with van der Waals surface area (Å²) in [5, 5.41) is 1.44. The summed E-state index contributed by atoms with van der Waals surface area (Å²) in [6.45, 7) is 8.86. The lowest BCUT2D eigenvalue weighted by Crippen LogP contribution is -1.84. The molecule has 0 aliphatic heterocycles. The van der Waals surface area contributed by atoms with Crippen LogP contribution in [-0.4, -0.2) is 0 Å². The molecule has 2 aromatic heterocycles. The molecule has 0 radical (unpaired) electrons. The van der Waals surface area contributed by atoms with E-state index in [1.165, 1.54) is 41.4 Å². The molecule has 3 rings (SSSR count). The van der Waals surface area contributed by atoms with Crippen LogP contribution in [0, 0.1) is 27.7 Å². The fourth-order valence-electron chi connectivity index (χ4n) is 2.57. The van der Waals surface area contributed by atoms with Crippen LogP contribution < -0.4 is 0 Å². The monoisotopic (exact) mass is 272 g/mol. The van der Waals surface area contributed by atoms with Crippen LogP contribution in [0.1, 0.15) is 20.9 Å². The number of fused-ring (bicyclic) bond motifs is 1. The van der Waals surface area contributed by atoms with Crippen molar-refractivity contribution in [3.63, 3.8) is 0 Å². The Labute approximate surface area is 116 Å². The van der Waals surface area contributed by atoms with Crippen LogP contribution in [0.4, 0.5) is 0 Å². The van der Waals surface area contributed by atoms with Gasteiger partial charge >= 0.3 is 0 Å². The van der Waals surface area contributed by atoms with Gasteiger partial charge < -0.3 is 0 Å². The first kappa shape index (κ1) is 11.9. The molecule has 0 saturated heterocycles. The first-order valence-electron chi connectivity index (χ1n) is 6.14. The fraction of sp³-hybridized carbons (Fsp3) is 0.250. The maximum Gasteiger partial charge on any atom is 0.0488 e. The van der Waals surface area contributed by atoms with E-state index in [-0.39, 0.29) is 0 Å². The van der Waals surface area contributed by atoms with Gasteiger partial charge in [0.2, 0.25) is 0 Å². The molecule has 0 fully saturated rings. The number of aryl methyl sites for hydroxylation is 4. The minimum absolute atomic E-state index is 1.37. The molecule has 92 valence electrons. The van der Waals surface area contributed by atoms with E-state index in [2.05, 4.69) is 52.0 Å². The van der Waals surface area contributed by atoms with Gasteiger partial charge in [0.05, 0.1) is 0 Å². The topological polar surface area (TPSA) is 0 Å². The molecule has 2 heteroatoms. The van der Waals surface area contributed by atoms with Crippen molar-refractivity contribution in [2.75, 3.05) is 0 Å². The standard InChI is InChI=1S/C16H16S2/c1-9-6-5-7-10(2)15(9)14-8-13-11(3)17-12(4)16(13)18-14/h5-8H,1-4H3. The predicted molar refractivity (Wildman–Crippen MR) is 84.1 cm³/mol. The lowest BCUT2D eigenvalue weighted by Gasteiger charge is -2.06. The van der Waals surface area contributed by atoms with Crippen molar-refractivity contribution in [2.24, 2.45) is 0 Å². The van der Waals surface area contributed by atoms with E-state index in [0.29, 0.717) is 0 Å². The smallest absolute Gasteiger partial charge is 0.0488 e. The molecular formula is C16H16S2. The summed E-state index contributed by atoms with van der Waals surface area (Å²) >= 11 is 3.85. The Morgan fingerprint density at radius 2 is 1.50 bits per heavy atom. The largest absolute Gasteiger partial charge is 0.144 e. The zero-order chi connectivity index (χ0) is 12.9. The molecule has 0 saturated carbocycles. The van der Waals surface area contributed by atoms with Gasteiger partial charge in [-0.05, 0) is 50.5 Å². The highest BCUT2D eigenvalue weighted by Gasteiger charge is 2.13. The van der Waals surface area contributed by atoms with E-state index in [9.17, 15) is 0 Å². The Bertz CT molecular complexity index is 674. The van der Waals surface area contributed by atoms with Crippen LogP contribution in [-0.2, 0) is 0 Å². The number of rotatable bonds is 1. The summed E-state index contributed by atoms with van der Waals surface area (Å²) in [6.07, 6.45) is 0. The molecule has 0 aliphatic rings. The van der Waals surface area contributed by atoms with Crippen molar-refractivity contribution in [3.8, 4) is 10.4 Å². The Hall–Kier alpha value is -1.12. The molecule has 3 aromatic rings. The molecule has 0 nitrogen and oxygen atoms in total. The van der Waals surface area contributed by atoms with Gasteiger partial charge in [0.1, 0.15) is 0 Å². The highest BCUT2D eigenvalue weighted by molar-refractivity contribution is 7.26. The first-order valence-corrected chi connectivity index (χ1v) is 7.77. The van der Waals surface area contributed by atoms with Gasteiger partial charge in [-0.25, -0.2) is 0 Å². The predicted octanol–water partition coefficient (Wildman–Crippen LogP) is 5.86. The maximum absolute atomic E-state index is 2.37. The summed E-state index contributed by atoms with van der Waals surface area (Å²) in [7, 11) is 0. The molecule has 0 unspecified atom stereocenters. The molecule has 0 bridgehead atoms. The van der Waals surface area contributed by atoms with E-state index >= 15 is 0 Å². The SMILES string of the molecule is Cc1cccc(C)c1-c1cc2c(C)sc(C)c2s1. The number of hydrogen-bond donors (Lipinski definition) is 0. The minimum Gasteiger partial charge on any atom is -0.144 e. The first-order chi connectivity index (χ1) is 8.58.